The van der Waals surface area contributed by atoms with Gasteiger partial charge >= 0.3 is 0 Å². The van der Waals surface area contributed by atoms with Crippen LogP contribution in [0, 0.1) is 0 Å². The highest BCUT2D eigenvalue weighted by Gasteiger charge is 2.83. The summed E-state index contributed by atoms with van der Waals surface area (Å²) in [4.78, 5) is 4.00. The van der Waals surface area contributed by atoms with Gasteiger partial charge < -0.3 is 30.2 Å². The Labute approximate surface area is 195 Å². The van der Waals surface area contributed by atoms with E-state index >= 15 is 0 Å². The zero-order chi connectivity index (χ0) is 23.3. The summed E-state index contributed by atoms with van der Waals surface area (Å²) in [6, 6.07) is 22.6. The lowest BCUT2D eigenvalue weighted by atomic mass is 10.00. The van der Waals surface area contributed by atoms with Gasteiger partial charge in [-0.2, -0.15) is 5.10 Å². The molecule has 1 aliphatic heterocycles. The molecule has 9 heteroatoms. The van der Waals surface area contributed by atoms with Crippen LogP contribution in [0.15, 0.2) is 79.1 Å². The molecule has 174 valence electrons. The first-order valence-corrected chi connectivity index (χ1v) is 11.0. The summed E-state index contributed by atoms with van der Waals surface area (Å²) < 4.78 is 20.1. The summed E-state index contributed by atoms with van der Waals surface area (Å²) in [6.45, 7) is 0.413. The minimum atomic E-state index is -1.94. The number of hydrogen-bond acceptors (Lipinski definition) is 8. The van der Waals surface area contributed by atoms with Crippen molar-refractivity contribution in [1.29, 1.82) is 0 Å². The zero-order valence-corrected chi connectivity index (χ0v) is 18.2. The number of aliphatic hydroxyl groups is 2. The van der Waals surface area contributed by atoms with Gasteiger partial charge in [-0.15, -0.1) is 0 Å². The SMILES string of the molecule is Nc1ncnn2c([C@]3(O)O[C@@H]4C(O)[C@]4(OCc4ccccc4)[C@H]3OCc3ccccc3)ccc12. The van der Waals surface area contributed by atoms with Crippen LogP contribution in [0.25, 0.3) is 5.52 Å². The Hall–Kier alpha value is -3.34. The predicted octanol–water partition coefficient (Wildman–Crippen LogP) is 1.77. The van der Waals surface area contributed by atoms with Crippen LogP contribution in [0.4, 0.5) is 5.82 Å². The molecule has 4 aromatic rings. The van der Waals surface area contributed by atoms with Crippen LogP contribution in [-0.2, 0) is 33.2 Å². The molecule has 34 heavy (non-hydrogen) atoms. The first kappa shape index (κ1) is 21.2. The van der Waals surface area contributed by atoms with Gasteiger partial charge in [0.1, 0.15) is 29.7 Å². The number of benzene rings is 2. The maximum atomic E-state index is 11.9. The molecule has 2 aromatic heterocycles. The third-order valence-electron chi connectivity index (χ3n) is 6.60. The largest absolute Gasteiger partial charge is 0.387 e. The highest BCUT2D eigenvalue weighted by molar-refractivity contribution is 5.65. The average molecular weight is 460 g/mol. The second-order valence-corrected chi connectivity index (χ2v) is 8.65. The number of fused-ring (bicyclic) bond motifs is 2. The van der Waals surface area contributed by atoms with Crippen LogP contribution in [0.2, 0.25) is 0 Å². The van der Waals surface area contributed by atoms with Crippen LogP contribution in [0.3, 0.4) is 0 Å². The molecule has 5 atom stereocenters. The van der Waals surface area contributed by atoms with Crippen molar-refractivity contribution in [3.05, 3.63) is 95.9 Å². The van der Waals surface area contributed by atoms with Gasteiger partial charge in [-0.25, -0.2) is 9.50 Å². The van der Waals surface area contributed by atoms with Crippen molar-refractivity contribution in [1.82, 2.24) is 14.6 Å². The maximum absolute atomic E-state index is 11.9. The number of rotatable bonds is 7. The van der Waals surface area contributed by atoms with Gasteiger partial charge in [-0.05, 0) is 23.3 Å². The summed E-state index contributed by atoms with van der Waals surface area (Å²) in [6.07, 6.45) is -1.46. The van der Waals surface area contributed by atoms with Gasteiger partial charge in [-0.1, -0.05) is 60.7 Å². The van der Waals surface area contributed by atoms with Crippen molar-refractivity contribution in [2.45, 2.75) is 42.9 Å². The molecule has 2 fully saturated rings. The van der Waals surface area contributed by atoms with Crippen LogP contribution in [-0.4, -0.2) is 48.7 Å². The second-order valence-electron chi connectivity index (χ2n) is 8.65. The number of nitrogen functional groups attached to an aromatic ring is 1. The zero-order valence-electron chi connectivity index (χ0n) is 18.2. The molecule has 2 aliphatic rings. The average Bonchev–Trinajstić information content (AvgIpc) is 3.17. The molecule has 0 bridgehead atoms. The molecule has 1 saturated carbocycles. The number of nitrogens with zero attached hydrogens (tertiary/aromatic N) is 3. The number of hydrogen-bond donors (Lipinski definition) is 3. The minimum Gasteiger partial charge on any atom is -0.387 e. The number of aliphatic hydroxyl groups excluding tert-OH is 1. The normalized spacial score (nSPS) is 29.9. The number of ether oxygens (including phenoxy) is 3. The van der Waals surface area contributed by atoms with E-state index < -0.39 is 29.7 Å². The molecule has 1 aliphatic carbocycles. The fourth-order valence-electron chi connectivity index (χ4n) is 4.80. The van der Waals surface area contributed by atoms with E-state index in [1.54, 1.807) is 12.1 Å². The lowest BCUT2D eigenvalue weighted by Gasteiger charge is -2.34. The van der Waals surface area contributed by atoms with Gasteiger partial charge in [-0.3, -0.25) is 0 Å². The van der Waals surface area contributed by atoms with Crippen molar-refractivity contribution in [3.63, 3.8) is 0 Å². The van der Waals surface area contributed by atoms with Crippen molar-refractivity contribution in [2.75, 3.05) is 5.73 Å². The quantitative estimate of drug-likeness (QED) is 0.381. The van der Waals surface area contributed by atoms with Crippen molar-refractivity contribution in [2.24, 2.45) is 0 Å². The van der Waals surface area contributed by atoms with Crippen LogP contribution >= 0.6 is 0 Å². The third-order valence-corrected chi connectivity index (χ3v) is 6.60. The summed E-state index contributed by atoms with van der Waals surface area (Å²) >= 11 is 0. The first-order valence-electron chi connectivity index (χ1n) is 11.0. The van der Waals surface area contributed by atoms with Gasteiger partial charge in [0.15, 0.2) is 17.5 Å². The molecule has 4 N–H and O–H groups in total. The summed E-state index contributed by atoms with van der Waals surface area (Å²) in [5.74, 6) is -1.67. The predicted molar refractivity (Wildman–Crippen MR) is 121 cm³/mol. The van der Waals surface area contributed by atoms with E-state index in [1.165, 1.54) is 10.8 Å². The highest BCUT2D eigenvalue weighted by atomic mass is 16.7. The van der Waals surface area contributed by atoms with E-state index in [2.05, 4.69) is 10.1 Å². The maximum Gasteiger partial charge on any atom is 0.240 e. The molecular formula is C25H24N4O5. The van der Waals surface area contributed by atoms with Crippen molar-refractivity contribution in [3.8, 4) is 0 Å². The number of nitrogens with two attached hydrogens (primary N) is 1. The van der Waals surface area contributed by atoms with E-state index in [4.69, 9.17) is 19.9 Å². The molecule has 0 amide bonds. The van der Waals surface area contributed by atoms with E-state index in [1.807, 2.05) is 60.7 Å². The Morgan fingerprint density at radius 1 is 0.971 bits per heavy atom. The summed E-state index contributed by atoms with van der Waals surface area (Å²) in [5, 5.41) is 27.0. The van der Waals surface area contributed by atoms with Gasteiger partial charge in [0.2, 0.25) is 5.79 Å². The molecule has 0 radical (unpaired) electrons. The summed E-state index contributed by atoms with van der Waals surface area (Å²) in [5.41, 5.74) is 7.42. The summed E-state index contributed by atoms with van der Waals surface area (Å²) in [7, 11) is 0. The molecule has 0 spiro atoms. The Morgan fingerprint density at radius 3 is 2.35 bits per heavy atom. The highest BCUT2D eigenvalue weighted by Crippen LogP contribution is 2.60. The van der Waals surface area contributed by atoms with Crippen LogP contribution < -0.4 is 5.73 Å². The molecule has 2 aromatic carbocycles. The van der Waals surface area contributed by atoms with Crippen molar-refractivity contribution >= 4 is 11.3 Å². The lowest BCUT2D eigenvalue weighted by Crippen LogP contribution is -2.50. The van der Waals surface area contributed by atoms with E-state index in [-0.39, 0.29) is 19.0 Å². The molecular weight excluding hydrogens is 436 g/mol. The molecule has 1 unspecified atom stereocenters. The Bertz CT molecular complexity index is 1320. The second kappa shape index (κ2) is 7.86. The van der Waals surface area contributed by atoms with Gasteiger partial charge in [0.05, 0.1) is 13.2 Å². The fraction of sp³-hybridized carbons (Fsp3) is 0.280. The van der Waals surface area contributed by atoms with Gasteiger partial charge in [0, 0.05) is 0 Å². The fourth-order valence-corrected chi connectivity index (χ4v) is 4.80. The van der Waals surface area contributed by atoms with E-state index in [0.29, 0.717) is 11.2 Å². The van der Waals surface area contributed by atoms with Crippen LogP contribution in [0.1, 0.15) is 16.8 Å². The first-order chi connectivity index (χ1) is 16.5. The number of anilines is 1. The molecule has 9 nitrogen and oxygen atoms in total. The smallest absolute Gasteiger partial charge is 0.240 e. The lowest BCUT2D eigenvalue weighted by molar-refractivity contribution is -0.278. The van der Waals surface area contributed by atoms with E-state index in [9.17, 15) is 10.2 Å². The number of aromatic nitrogens is 3. The van der Waals surface area contributed by atoms with Crippen molar-refractivity contribution < 1.29 is 24.4 Å². The molecule has 6 rings (SSSR count). The monoisotopic (exact) mass is 460 g/mol. The minimum absolute atomic E-state index is 0.188. The third kappa shape index (κ3) is 3.13. The van der Waals surface area contributed by atoms with Gasteiger partial charge in [0.25, 0.3) is 0 Å². The van der Waals surface area contributed by atoms with E-state index in [0.717, 1.165) is 11.1 Å². The Balaban J connectivity index is 1.38. The molecule has 3 heterocycles. The Kier molecular flexibility index (Phi) is 4.91. The topological polar surface area (TPSA) is 124 Å². The van der Waals surface area contributed by atoms with Crippen LogP contribution in [0.5, 0.6) is 0 Å². The Morgan fingerprint density at radius 2 is 1.65 bits per heavy atom. The molecule has 1 saturated heterocycles. The standard InChI is InChI=1S/C25H24N4O5/c26-22-18-11-12-19(29(18)28-15-27-22)25(31)23(32-13-16-7-3-1-4-8-16)24(20(30)21(24)34-25)33-14-17-9-5-2-6-10-17/h1-12,15,20-21,23,30-31H,13-14H2,(H2,26,27,28)/t20?,21-,23-,24-,25+/m1/s1.